The number of benzene rings is 1. The molecule has 94 valence electrons. The van der Waals surface area contributed by atoms with Crippen molar-refractivity contribution >= 4 is 11.6 Å². The van der Waals surface area contributed by atoms with Crippen LogP contribution in [0.2, 0.25) is 5.02 Å². The van der Waals surface area contributed by atoms with Crippen LogP contribution in [-0.2, 0) is 5.60 Å². The van der Waals surface area contributed by atoms with Gasteiger partial charge in [0.25, 0.3) is 0 Å². The lowest BCUT2D eigenvalue weighted by molar-refractivity contribution is -0.0272. The fraction of sp³-hybridized carbons (Fsp3) is 0.538. The summed E-state index contributed by atoms with van der Waals surface area (Å²) in [5.41, 5.74) is -0.735. The Morgan fingerprint density at radius 2 is 2.06 bits per heavy atom. The first-order chi connectivity index (χ1) is 8.07. The van der Waals surface area contributed by atoms with Gasteiger partial charge >= 0.3 is 0 Å². The van der Waals surface area contributed by atoms with Gasteiger partial charge in [0.2, 0.25) is 0 Å². The Labute approximate surface area is 106 Å². The summed E-state index contributed by atoms with van der Waals surface area (Å²) in [5, 5.41) is 10.6. The minimum atomic E-state index is -1.07. The molecule has 1 aromatic carbocycles. The Kier molecular flexibility index (Phi) is 3.71. The van der Waals surface area contributed by atoms with E-state index in [0.29, 0.717) is 18.4 Å². The van der Waals surface area contributed by atoms with Crippen molar-refractivity contribution in [2.45, 2.75) is 25.4 Å². The lowest BCUT2D eigenvalue weighted by Gasteiger charge is -2.38. The Morgan fingerprint density at radius 3 is 2.65 bits per heavy atom. The van der Waals surface area contributed by atoms with Gasteiger partial charge in [-0.05, 0) is 25.5 Å². The first-order valence-electron chi connectivity index (χ1n) is 5.96. The molecule has 0 saturated carbocycles. The first-order valence-corrected chi connectivity index (χ1v) is 6.34. The topological polar surface area (TPSA) is 23.5 Å². The number of hydrogen-bond acceptors (Lipinski definition) is 2. The molecule has 0 unspecified atom stereocenters. The van der Waals surface area contributed by atoms with E-state index in [2.05, 4.69) is 11.8 Å². The average molecular weight is 258 g/mol. The average Bonchev–Trinajstić information content (AvgIpc) is 2.33. The van der Waals surface area contributed by atoms with E-state index in [0.717, 1.165) is 19.6 Å². The maximum Gasteiger partial charge on any atom is 0.147 e. The molecular weight excluding hydrogens is 241 g/mol. The molecule has 0 spiro atoms. The zero-order valence-electron chi connectivity index (χ0n) is 9.92. The second kappa shape index (κ2) is 4.92. The number of piperidine rings is 1. The molecule has 1 N–H and O–H groups in total. The minimum Gasteiger partial charge on any atom is -0.385 e. The minimum absolute atomic E-state index is 0.0776. The molecule has 0 aliphatic carbocycles. The van der Waals surface area contributed by atoms with Crippen LogP contribution < -0.4 is 0 Å². The number of halogens is 2. The van der Waals surface area contributed by atoms with Crippen molar-refractivity contribution in [1.29, 1.82) is 0 Å². The lowest BCUT2D eigenvalue weighted by atomic mass is 9.84. The van der Waals surface area contributed by atoms with Gasteiger partial charge in [-0.15, -0.1) is 0 Å². The Balaban J connectivity index is 2.24. The van der Waals surface area contributed by atoms with Crippen LogP contribution in [0.4, 0.5) is 4.39 Å². The van der Waals surface area contributed by atoms with Crippen molar-refractivity contribution in [3.05, 3.63) is 34.6 Å². The molecule has 2 nitrogen and oxygen atoms in total. The third kappa shape index (κ3) is 2.46. The number of likely N-dealkylation sites (tertiary alicyclic amines) is 1. The monoisotopic (exact) mass is 257 g/mol. The highest BCUT2D eigenvalue weighted by molar-refractivity contribution is 6.30. The summed E-state index contributed by atoms with van der Waals surface area (Å²) < 4.78 is 13.9. The number of aliphatic hydroxyl groups is 1. The maximum absolute atomic E-state index is 13.9. The molecule has 17 heavy (non-hydrogen) atoms. The van der Waals surface area contributed by atoms with E-state index in [1.54, 1.807) is 12.1 Å². The predicted molar refractivity (Wildman–Crippen MR) is 66.7 cm³/mol. The van der Waals surface area contributed by atoms with E-state index >= 15 is 0 Å². The highest BCUT2D eigenvalue weighted by atomic mass is 35.5. The smallest absolute Gasteiger partial charge is 0.147 e. The molecule has 0 bridgehead atoms. The van der Waals surface area contributed by atoms with Gasteiger partial charge in [-0.3, -0.25) is 0 Å². The van der Waals surface area contributed by atoms with Crippen molar-refractivity contribution in [1.82, 2.24) is 4.90 Å². The molecular formula is C13H17ClFNO. The van der Waals surface area contributed by atoms with E-state index in [-0.39, 0.29) is 5.02 Å². The summed E-state index contributed by atoms with van der Waals surface area (Å²) in [4.78, 5) is 2.25. The zero-order chi connectivity index (χ0) is 12.5. The Hall–Kier alpha value is -0.640. The molecule has 1 heterocycles. The molecule has 1 aromatic rings. The van der Waals surface area contributed by atoms with Crippen LogP contribution in [0.5, 0.6) is 0 Å². The summed E-state index contributed by atoms with van der Waals surface area (Å²) in [6.45, 7) is 4.64. The fourth-order valence-electron chi connectivity index (χ4n) is 2.37. The SMILES string of the molecule is CCN1CCC(O)(c2cccc(Cl)c2F)CC1. The van der Waals surface area contributed by atoms with Crippen LogP contribution in [0.15, 0.2) is 18.2 Å². The standard InChI is InChI=1S/C13H17ClFNO/c1-2-16-8-6-13(17,7-9-16)10-4-3-5-11(14)12(10)15/h3-5,17H,2,6-9H2,1H3. The van der Waals surface area contributed by atoms with E-state index < -0.39 is 11.4 Å². The summed E-state index contributed by atoms with van der Waals surface area (Å²) in [6.07, 6.45) is 1.11. The number of rotatable bonds is 2. The lowest BCUT2D eigenvalue weighted by Crippen LogP contribution is -2.42. The Bertz CT molecular complexity index is 402. The molecule has 4 heteroatoms. The van der Waals surface area contributed by atoms with E-state index in [9.17, 15) is 9.50 Å². The molecule has 1 aliphatic heterocycles. The summed E-state index contributed by atoms with van der Waals surface area (Å²) in [7, 11) is 0. The number of nitrogens with zero attached hydrogens (tertiary/aromatic N) is 1. The van der Waals surface area contributed by atoms with Crippen molar-refractivity contribution in [2.24, 2.45) is 0 Å². The third-order valence-electron chi connectivity index (χ3n) is 3.58. The van der Waals surface area contributed by atoms with Crippen LogP contribution in [0.25, 0.3) is 0 Å². The van der Waals surface area contributed by atoms with Gasteiger partial charge in [-0.2, -0.15) is 0 Å². The van der Waals surface area contributed by atoms with Gasteiger partial charge in [-0.1, -0.05) is 30.7 Å². The molecule has 0 atom stereocenters. The largest absolute Gasteiger partial charge is 0.385 e. The molecule has 2 rings (SSSR count). The maximum atomic E-state index is 13.9. The van der Waals surface area contributed by atoms with Crippen LogP contribution in [0, 0.1) is 5.82 Å². The number of hydrogen-bond donors (Lipinski definition) is 1. The summed E-state index contributed by atoms with van der Waals surface area (Å²) >= 11 is 5.75. The van der Waals surface area contributed by atoms with Crippen LogP contribution in [-0.4, -0.2) is 29.6 Å². The van der Waals surface area contributed by atoms with Crippen LogP contribution in [0.1, 0.15) is 25.3 Å². The summed E-state index contributed by atoms with van der Waals surface area (Å²) in [5.74, 6) is -0.485. The molecule has 0 amide bonds. The molecule has 1 saturated heterocycles. The molecule has 0 aromatic heterocycles. The van der Waals surface area contributed by atoms with Gasteiger partial charge in [0.15, 0.2) is 0 Å². The normalized spacial score (nSPS) is 20.5. The van der Waals surface area contributed by atoms with Gasteiger partial charge in [0, 0.05) is 18.7 Å². The van der Waals surface area contributed by atoms with Crippen molar-refractivity contribution < 1.29 is 9.50 Å². The summed E-state index contributed by atoms with van der Waals surface area (Å²) in [6, 6.07) is 4.82. The highest BCUT2D eigenvalue weighted by Gasteiger charge is 2.36. The molecule has 0 radical (unpaired) electrons. The van der Waals surface area contributed by atoms with Gasteiger partial charge in [0.05, 0.1) is 10.6 Å². The van der Waals surface area contributed by atoms with Crippen molar-refractivity contribution in [3.8, 4) is 0 Å². The van der Waals surface area contributed by atoms with Crippen molar-refractivity contribution in [3.63, 3.8) is 0 Å². The zero-order valence-corrected chi connectivity index (χ0v) is 10.7. The first kappa shape index (κ1) is 12.8. The van der Waals surface area contributed by atoms with E-state index in [1.165, 1.54) is 6.07 Å². The van der Waals surface area contributed by atoms with E-state index in [4.69, 9.17) is 11.6 Å². The van der Waals surface area contributed by atoms with E-state index in [1.807, 2.05) is 0 Å². The van der Waals surface area contributed by atoms with Gasteiger partial charge in [-0.25, -0.2) is 4.39 Å². The Morgan fingerprint density at radius 1 is 1.41 bits per heavy atom. The van der Waals surface area contributed by atoms with Crippen LogP contribution in [0.3, 0.4) is 0 Å². The third-order valence-corrected chi connectivity index (χ3v) is 3.88. The van der Waals surface area contributed by atoms with Crippen molar-refractivity contribution in [2.75, 3.05) is 19.6 Å². The predicted octanol–water partition coefficient (Wildman–Crippen LogP) is 2.78. The highest BCUT2D eigenvalue weighted by Crippen LogP contribution is 2.35. The molecule has 1 aliphatic rings. The molecule has 1 fully saturated rings. The van der Waals surface area contributed by atoms with Crippen LogP contribution >= 0.6 is 11.6 Å². The quantitative estimate of drug-likeness (QED) is 0.881. The van der Waals surface area contributed by atoms with Gasteiger partial charge in [0.1, 0.15) is 5.82 Å². The fourth-order valence-corrected chi connectivity index (χ4v) is 2.55. The van der Waals surface area contributed by atoms with Gasteiger partial charge < -0.3 is 10.0 Å². The second-order valence-corrected chi connectivity index (χ2v) is 4.97. The second-order valence-electron chi connectivity index (χ2n) is 4.57.